The molecule has 15 atom stereocenters. The molecule has 1 heterocycles. The number of ketones is 1. The lowest BCUT2D eigenvalue weighted by molar-refractivity contribution is -0.324. The number of carbonyl (C=O) groups is 1. The Morgan fingerprint density at radius 1 is 1.02 bits per heavy atom. The molecule has 44 heavy (non-hydrogen) atoms. The Labute approximate surface area is 259 Å². The summed E-state index contributed by atoms with van der Waals surface area (Å²) in [4.78, 5) is 13.4. The molecule has 11 heteroatoms. The number of rotatable bonds is 8. The van der Waals surface area contributed by atoms with Gasteiger partial charge >= 0.3 is 0 Å². The fourth-order valence-electron chi connectivity index (χ4n) is 9.82. The van der Waals surface area contributed by atoms with E-state index < -0.39 is 77.7 Å². The largest absolute Gasteiger partial charge is 0.394 e. The molecule has 5 rings (SSSR count). The van der Waals surface area contributed by atoms with Crippen LogP contribution in [-0.4, -0.2) is 113 Å². The van der Waals surface area contributed by atoms with Crippen molar-refractivity contribution < 1.29 is 55.1 Å². The van der Waals surface area contributed by atoms with Crippen LogP contribution in [0.25, 0.3) is 0 Å². The molecule has 4 fully saturated rings. The highest BCUT2D eigenvalue weighted by Gasteiger charge is 2.67. The molecule has 0 spiro atoms. The third-order valence-electron chi connectivity index (χ3n) is 12.8. The highest BCUT2D eigenvalue weighted by Crippen LogP contribution is 2.68. The van der Waals surface area contributed by atoms with Gasteiger partial charge in [-0.05, 0) is 100 Å². The number of carbonyl (C=O) groups excluding carboxylic acids is 1. The molecule has 0 aromatic rings. The molecule has 5 aliphatic rings. The maximum absolute atomic E-state index is 13.4. The molecule has 0 amide bonds. The Morgan fingerprint density at radius 2 is 1.70 bits per heavy atom. The van der Waals surface area contributed by atoms with Crippen molar-refractivity contribution in [1.29, 1.82) is 0 Å². The maximum atomic E-state index is 13.4. The smallest absolute Gasteiger partial charge is 0.187 e. The zero-order valence-corrected chi connectivity index (χ0v) is 26.7. The van der Waals surface area contributed by atoms with E-state index in [1.165, 1.54) is 0 Å². The van der Waals surface area contributed by atoms with Crippen LogP contribution in [0.2, 0.25) is 0 Å². The molecular weight excluding hydrogens is 572 g/mol. The summed E-state index contributed by atoms with van der Waals surface area (Å²) in [5.41, 5.74) is -2.42. The number of hydrogen-bond acceptors (Lipinski definition) is 11. The highest BCUT2D eigenvalue weighted by atomic mass is 16.7. The van der Waals surface area contributed by atoms with Crippen molar-refractivity contribution in [3.05, 3.63) is 11.6 Å². The average Bonchev–Trinajstić information content (AvgIpc) is 3.24. The van der Waals surface area contributed by atoms with E-state index in [0.29, 0.717) is 38.5 Å². The predicted molar refractivity (Wildman–Crippen MR) is 158 cm³/mol. The van der Waals surface area contributed by atoms with Gasteiger partial charge in [0, 0.05) is 11.3 Å². The van der Waals surface area contributed by atoms with Gasteiger partial charge in [-0.3, -0.25) is 4.79 Å². The topological polar surface area (TPSA) is 197 Å². The zero-order valence-electron chi connectivity index (χ0n) is 26.7. The van der Waals surface area contributed by atoms with Crippen LogP contribution in [0.1, 0.15) is 86.0 Å². The predicted octanol–water partition coefficient (Wildman–Crippen LogP) is 0.563. The van der Waals surface area contributed by atoms with Gasteiger partial charge in [-0.1, -0.05) is 20.8 Å². The van der Waals surface area contributed by atoms with Gasteiger partial charge in [-0.2, -0.15) is 0 Å². The molecule has 0 aromatic heterocycles. The summed E-state index contributed by atoms with van der Waals surface area (Å²) in [5.74, 6) is -0.721. The monoisotopic (exact) mass is 626 g/mol. The first-order valence-corrected chi connectivity index (χ1v) is 16.4. The van der Waals surface area contributed by atoms with Crippen LogP contribution in [0.4, 0.5) is 0 Å². The van der Waals surface area contributed by atoms with Gasteiger partial charge in [0.05, 0.1) is 36.1 Å². The maximum Gasteiger partial charge on any atom is 0.187 e. The number of hydrogen-bond donors (Lipinski definition) is 8. The van der Waals surface area contributed by atoms with Crippen LogP contribution < -0.4 is 0 Å². The van der Waals surface area contributed by atoms with Crippen molar-refractivity contribution in [2.45, 2.75) is 146 Å². The molecule has 1 aliphatic heterocycles. The Morgan fingerprint density at radius 3 is 2.36 bits per heavy atom. The lowest BCUT2D eigenvalue weighted by atomic mass is 9.46. The minimum Gasteiger partial charge on any atom is -0.394 e. The van der Waals surface area contributed by atoms with Gasteiger partial charge in [0.25, 0.3) is 0 Å². The molecule has 0 radical (unpaired) electrons. The quantitative estimate of drug-likeness (QED) is 0.187. The van der Waals surface area contributed by atoms with Crippen LogP contribution >= 0.6 is 0 Å². The third-order valence-corrected chi connectivity index (χ3v) is 12.8. The fourth-order valence-corrected chi connectivity index (χ4v) is 9.82. The van der Waals surface area contributed by atoms with E-state index in [9.17, 15) is 45.6 Å². The van der Waals surface area contributed by atoms with Crippen molar-refractivity contribution in [3.8, 4) is 0 Å². The fraction of sp³-hybridized carbons (Fsp3) is 0.909. The van der Waals surface area contributed by atoms with Crippen LogP contribution in [0.15, 0.2) is 11.6 Å². The average molecular weight is 627 g/mol. The summed E-state index contributed by atoms with van der Waals surface area (Å²) in [6.45, 7) is 9.12. The zero-order chi connectivity index (χ0) is 32.6. The number of aliphatic hydroxyl groups excluding tert-OH is 7. The molecule has 11 nitrogen and oxygen atoms in total. The molecule has 0 bridgehead atoms. The number of allylic oxidation sites excluding steroid dienone is 1. The molecule has 8 N–H and O–H groups in total. The molecule has 3 saturated carbocycles. The third kappa shape index (κ3) is 5.42. The van der Waals surface area contributed by atoms with E-state index in [1.807, 2.05) is 13.8 Å². The summed E-state index contributed by atoms with van der Waals surface area (Å²) in [6.07, 6.45) is -3.83. The first-order chi connectivity index (χ1) is 20.4. The second-order valence-corrected chi connectivity index (χ2v) is 15.7. The minimum absolute atomic E-state index is 0.0155. The molecule has 1 unspecified atom stereocenters. The molecule has 1 saturated heterocycles. The van der Waals surface area contributed by atoms with Crippen LogP contribution in [-0.2, 0) is 14.3 Å². The Balaban J connectivity index is 1.27. The summed E-state index contributed by atoms with van der Waals surface area (Å²) < 4.78 is 11.5. The standard InChI is InChI=1S/C33H54O11/c1-16(21(35)8-9-30(2,3)44-29-28(41)27(40)26(39)25(15-34)43-29)17-7-11-33(42)19-12-22(36)20-13-23(37)24(38)14-31(20,4)18(19)6-10-32(17,33)5/h12,16-18,20-21,23-29,34-35,37-42H,6-11,13-15H2,1-5H3/t16-,17+,18-,20-,21?,23+,24-,25+,26+,27-,28+,29-,31+,32+,33+/m0/s1. The van der Waals surface area contributed by atoms with Gasteiger partial charge in [-0.15, -0.1) is 0 Å². The van der Waals surface area contributed by atoms with Crippen molar-refractivity contribution in [1.82, 2.24) is 0 Å². The SMILES string of the molecule is C[C@H](C(O)CCC(C)(C)O[C@@H]1O[C@H](CO)[C@@H](O)[C@H](O)[C@H]1O)[C@H]1CC[C@@]2(O)C3=CC(=O)[C@@H]4C[C@@H](O)[C@@H](O)C[C@]4(C)[C@H]3CC[C@]12C. The van der Waals surface area contributed by atoms with Crippen LogP contribution in [0.3, 0.4) is 0 Å². The van der Waals surface area contributed by atoms with Crippen molar-refractivity contribution >= 4 is 5.78 Å². The second-order valence-electron chi connectivity index (χ2n) is 15.7. The Bertz CT molecular complexity index is 1110. The number of ether oxygens (including phenoxy) is 2. The first kappa shape index (κ1) is 34.3. The van der Waals surface area contributed by atoms with Gasteiger partial charge in [0.1, 0.15) is 24.4 Å². The lowest BCUT2D eigenvalue weighted by Crippen LogP contribution is -2.61. The second kappa shape index (κ2) is 11.9. The number of aliphatic hydroxyl groups is 8. The van der Waals surface area contributed by atoms with E-state index in [1.54, 1.807) is 19.9 Å². The van der Waals surface area contributed by atoms with Crippen molar-refractivity contribution in [2.75, 3.05) is 6.61 Å². The van der Waals surface area contributed by atoms with Crippen LogP contribution in [0, 0.1) is 34.5 Å². The number of fused-ring (bicyclic) bond motifs is 5. The van der Waals surface area contributed by atoms with E-state index in [4.69, 9.17) is 9.47 Å². The highest BCUT2D eigenvalue weighted by molar-refractivity contribution is 5.95. The van der Waals surface area contributed by atoms with Gasteiger partial charge < -0.3 is 50.3 Å². The van der Waals surface area contributed by atoms with Gasteiger partial charge in [-0.25, -0.2) is 0 Å². The van der Waals surface area contributed by atoms with E-state index >= 15 is 0 Å². The molecule has 252 valence electrons. The van der Waals surface area contributed by atoms with E-state index in [-0.39, 0.29) is 35.9 Å². The van der Waals surface area contributed by atoms with Gasteiger partial charge in [0.15, 0.2) is 12.1 Å². The molecule has 4 aliphatic carbocycles. The first-order valence-electron chi connectivity index (χ1n) is 16.4. The normalized spacial score (nSPS) is 49.0. The van der Waals surface area contributed by atoms with Crippen LogP contribution in [0.5, 0.6) is 0 Å². The van der Waals surface area contributed by atoms with E-state index in [0.717, 1.165) is 12.0 Å². The summed E-state index contributed by atoms with van der Waals surface area (Å²) in [6, 6.07) is 0. The minimum atomic E-state index is -1.54. The molecule has 0 aromatic carbocycles. The molecular formula is C33H54O11. The summed E-state index contributed by atoms with van der Waals surface area (Å²) in [5, 5.41) is 84.8. The lowest BCUT2D eigenvalue weighted by Gasteiger charge is -2.60. The van der Waals surface area contributed by atoms with Crippen molar-refractivity contribution in [3.63, 3.8) is 0 Å². The summed E-state index contributed by atoms with van der Waals surface area (Å²) in [7, 11) is 0. The van der Waals surface area contributed by atoms with Crippen molar-refractivity contribution in [2.24, 2.45) is 34.5 Å². The van der Waals surface area contributed by atoms with Gasteiger partial charge in [0.2, 0.25) is 0 Å². The Kier molecular flexibility index (Phi) is 9.30. The van der Waals surface area contributed by atoms with E-state index in [2.05, 4.69) is 6.92 Å². The summed E-state index contributed by atoms with van der Waals surface area (Å²) >= 11 is 0. The Hall–Kier alpha value is -0.990.